The molecule has 120 valence electrons. The summed E-state index contributed by atoms with van der Waals surface area (Å²) in [5, 5.41) is 8.78. The molecule has 1 N–H and O–H groups in total. The fourth-order valence-electron chi connectivity index (χ4n) is 2.05. The molecule has 3 nitrogen and oxygen atoms in total. The van der Waals surface area contributed by atoms with Crippen LogP contribution >= 0.6 is 15.9 Å². The molecule has 0 aliphatic heterocycles. The molecule has 0 radical (unpaired) electrons. The normalized spacial score (nSPS) is 11.7. The number of aliphatic carboxylic acids is 1. The van der Waals surface area contributed by atoms with Gasteiger partial charge in [0.05, 0.1) is 0 Å². The molecule has 0 unspecified atom stereocenters. The maximum absolute atomic E-state index is 10.7. The number of benzene rings is 2. The van der Waals surface area contributed by atoms with Gasteiger partial charge < -0.3 is 9.84 Å². The summed E-state index contributed by atoms with van der Waals surface area (Å²) in [6.07, 6.45) is 2.62. The number of hydrogen-bond donors (Lipinski definition) is 1. The molecule has 0 amide bonds. The van der Waals surface area contributed by atoms with Crippen LogP contribution in [0.15, 0.2) is 53.0 Å². The van der Waals surface area contributed by atoms with E-state index in [9.17, 15) is 4.79 Å². The maximum atomic E-state index is 10.7. The highest BCUT2D eigenvalue weighted by Gasteiger charge is 2.13. The van der Waals surface area contributed by atoms with Crippen molar-refractivity contribution in [1.29, 1.82) is 0 Å². The third kappa shape index (κ3) is 4.96. The molecule has 0 bridgehead atoms. The average molecular weight is 375 g/mol. The Morgan fingerprint density at radius 1 is 1.13 bits per heavy atom. The smallest absolute Gasteiger partial charge is 0.328 e. The topological polar surface area (TPSA) is 46.5 Å². The predicted octanol–water partition coefficient (Wildman–Crippen LogP) is 5.64. The lowest BCUT2D eigenvalue weighted by Crippen LogP contribution is -2.10. The SMILES string of the molecule is CC(C)(C)c1ccc(Oc2cc(Br)ccc2/C=C/C(=O)O)cc1. The quantitative estimate of drug-likeness (QED) is 0.704. The van der Waals surface area contributed by atoms with Crippen LogP contribution in [0.2, 0.25) is 0 Å². The van der Waals surface area contributed by atoms with Gasteiger partial charge in [0.1, 0.15) is 11.5 Å². The molecule has 0 aliphatic rings. The molecular formula is C19H19BrO3. The summed E-state index contributed by atoms with van der Waals surface area (Å²) in [5.41, 5.74) is 2.02. The van der Waals surface area contributed by atoms with Crippen molar-refractivity contribution in [3.05, 3.63) is 64.1 Å². The standard InChI is InChI=1S/C19H19BrO3/c1-19(2,3)14-6-9-16(10-7-14)23-17-12-15(20)8-4-13(17)5-11-18(21)22/h4-12H,1-3H3,(H,21,22)/b11-5+. The second kappa shape index (κ2) is 7.01. The second-order valence-electron chi connectivity index (χ2n) is 6.23. The minimum Gasteiger partial charge on any atom is -0.478 e. The van der Waals surface area contributed by atoms with Gasteiger partial charge in [0, 0.05) is 16.1 Å². The van der Waals surface area contributed by atoms with E-state index in [-0.39, 0.29) is 5.41 Å². The van der Waals surface area contributed by atoms with E-state index in [0.29, 0.717) is 17.1 Å². The molecule has 0 spiro atoms. The van der Waals surface area contributed by atoms with Crippen LogP contribution in [0, 0.1) is 0 Å². The van der Waals surface area contributed by atoms with Gasteiger partial charge in [-0.25, -0.2) is 4.79 Å². The Morgan fingerprint density at radius 3 is 2.35 bits per heavy atom. The Kier molecular flexibility index (Phi) is 5.26. The van der Waals surface area contributed by atoms with Gasteiger partial charge >= 0.3 is 5.97 Å². The number of carbonyl (C=O) groups is 1. The lowest BCUT2D eigenvalue weighted by Gasteiger charge is -2.19. The van der Waals surface area contributed by atoms with Crippen molar-refractivity contribution in [2.75, 3.05) is 0 Å². The average Bonchev–Trinajstić information content (AvgIpc) is 2.46. The fraction of sp³-hybridized carbons (Fsp3) is 0.211. The number of rotatable bonds is 4. The van der Waals surface area contributed by atoms with Gasteiger partial charge in [-0.05, 0) is 41.3 Å². The van der Waals surface area contributed by atoms with Crippen molar-refractivity contribution in [3.8, 4) is 11.5 Å². The summed E-state index contributed by atoms with van der Waals surface area (Å²) in [5.74, 6) is 0.315. The molecule has 23 heavy (non-hydrogen) atoms. The molecular weight excluding hydrogens is 356 g/mol. The Hall–Kier alpha value is -2.07. The highest BCUT2D eigenvalue weighted by molar-refractivity contribution is 9.10. The van der Waals surface area contributed by atoms with E-state index in [1.807, 2.05) is 42.5 Å². The molecule has 0 aliphatic carbocycles. The van der Waals surface area contributed by atoms with Crippen molar-refractivity contribution in [3.63, 3.8) is 0 Å². The fourth-order valence-corrected chi connectivity index (χ4v) is 2.39. The van der Waals surface area contributed by atoms with Gasteiger partial charge in [-0.2, -0.15) is 0 Å². The number of hydrogen-bond acceptors (Lipinski definition) is 2. The lowest BCUT2D eigenvalue weighted by atomic mass is 9.87. The molecule has 0 aromatic heterocycles. The second-order valence-corrected chi connectivity index (χ2v) is 7.15. The van der Waals surface area contributed by atoms with Gasteiger partial charge in [0.25, 0.3) is 0 Å². The Bertz CT molecular complexity index is 725. The zero-order valence-corrected chi connectivity index (χ0v) is 14.9. The summed E-state index contributed by atoms with van der Waals surface area (Å²) < 4.78 is 6.78. The first-order valence-electron chi connectivity index (χ1n) is 7.25. The van der Waals surface area contributed by atoms with E-state index < -0.39 is 5.97 Å². The Morgan fingerprint density at radius 2 is 1.78 bits per heavy atom. The number of carboxylic acid groups (broad SMARTS) is 1. The molecule has 2 rings (SSSR count). The van der Waals surface area contributed by atoms with Gasteiger partial charge in [0.2, 0.25) is 0 Å². The van der Waals surface area contributed by atoms with E-state index in [1.54, 1.807) is 0 Å². The minimum atomic E-state index is -0.992. The third-order valence-electron chi connectivity index (χ3n) is 3.33. The van der Waals surface area contributed by atoms with Crippen LogP contribution in [0.3, 0.4) is 0 Å². The van der Waals surface area contributed by atoms with E-state index in [2.05, 4.69) is 36.7 Å². The van der Waals surface area contributed by atoms with Crippen molar-refractivity contribution in [2.24, 2.45) is 0 Å². The summed E-state index contributed by atoms with van der Waals surface area (Å²) in [7, 11) is 0. The summed E-state index contributed by atoms with van der Waals surface area (Å²) in [6.45, 7) is 6.48. The highest BCUT2D eigenvalue weighted by atomic mass is 79.9. The van der Waals surface area contributed by atoms with Crippen molar-refractivity contribution >= 4 is 28.0 Å². The summed E-state index contributed by atoms with van der Waals surface area (Å²) >= 11 is 3.41. The van der Waals surface area contributed by atoms with Crippen LogP contribution in [0.4, 0.5) is 0 Å². The summed E-state index contributed by atoms with van der Waals surface area (Å²) in [6, 6.07) is 13.4. The van der Waals surface area contributed by atoms with Crippen LogP contribution in [0.5, 0.6) is 11.5 Å². The van der Waals surface area contributed by atoms with Crippen molar-refractivity contribution < 1.29 is 14.6 Å². The van der Waals surface area contributed by atoms with Crippen molar-refractivity contribution in [1.82, 2.24) is 0 Å². The van der Waals surface area contributed by atoms with Crippen LogP contribution < -0.4 is 4.74 Å². The molecule has 0 saturated carbocycles. The van der Waals surface area contributed by atoms with E-state index in [0.717, 1.165) is 10.5 Å². The van der Waals surface area contributed by atoms with Crippen LogP contribution in [-0.4, -0.2) is 11.1 Å². The van der Waals surface area contributed by atoms with Gasteiger partial charge in [-0.1, -0.05) is 54.9 Å². The van der Waals surface area contributed by atoms with Crippen LogP contribution in [0.25, 0.3) is 6.08 Å². The van der Waals surface area contributed by atoms with Crippen LogP contribution in [0.1, 0.15) is 31.9 Å². The van der Waals surface area contributed by atoms with Gasteiger partial charge in [-0.3, -0.25) is 0 Å². The third-order valence-corrected chi connectivity index (χ3v) is 3.82. The van der Waals surface area contributed by atoms with Crippen molar-refractivity contribution in [2.45, 2.75) is 26.2 Å². The first-order chi connectivity index (χ1) is 10.8. The molecule has 0 atom stereocenters. The van der Waals surface area contributed by atoms with E-state index in [4.69, 9.17) is 9.84 Å². The van der Waals surface area contributed by atoms with Gasteiger partial charge in [-0.15, -0.1) is 0 Å². The maximum Gasteiger partial charge on any atom is 0.328 e. The summed E-state index contributed by atoms with van der Waals surface area (Å²) in [4.78, 5) is 10.7. The number of ether oxygens (including phenoxy) is 1. The van der Waals surface area contributed by atoms with E-state index in [1.165, 1.54) is 11.6 Å². The highest BCUT2D eigenvalue weighted by Crippen LogP contribution is 2.31. The lowest BCUT2D eigenvalue weighted by molar-refractivity contribution is -0.131. The Balaban J connectivity index is 2.28. The molecule has 2 aromatic rings. The zero-order chi connectivity index (χ0) is 17.0. The molecule has 0 fully saturated rings. The largest absolute Gasteiger partial charge is 0.478 e. The first-order valence-corrected chi connectivity index (χ1v) is 8.04. The molecule has 4 heteroatoms. The molecule has 0 heterocycles. The zero-order valence-electron chi connectivity index (χ0n) is 13.3. The first kappa shape index (κ1) is 17.3. The van der Waals surface area contributed by atoms with Gasteiger partial charge in [0.15, 0.2) is 0 Å². The minimum absolute atomic E-state index is 0.0870. The van der Waals surface area contributed by atoms with Crippen LogP contribution in [-0.2, 0) is 10.2 Å². The Labute approximate surface area is 144 Å². The number of halogens is 1. The van der Waals surface area contributed by atoms with E-state index >= 15 is 0 Å². The molecule has 0 saturated heterocycles. The predicted molar refractivity (Wildman–Crippen MR) is 96.0 cm³/mol. The molecule has 2 aromatic carbocycles. The number of carboxylic acids is 1. The monoisotopic (exact) mass is 374 g/mol.